The van der Waals surface area contributed by atoms with Gasteiger partial charge < -0.3 is 5.73 Å². The van der Waals surface area contributed by atoms with Crippen LogP contribution in [0.25, 0.3) is 0 Å². The predicted octanol–water partition coefficient (Wildman–Crippen LogP) is 1.94. The van der Waals surface area contributed by atoms with Crippen molar-refractivity contribution >= 4 is 28.5 Å². The normalized spacial score (nSPS) is 9.70. The van der Waals surface area contributed by atoms with E-state index in [1.165, 1.54) is 4.88 Å². The molecular formula is C7H9NS2. The molecule has 0 unspecified atom stereocenters. The highest BCUT2D eigenvalue weighted by atomic mass is 32.1. The van der Waals surface area contributed by atoms with E-state index >= 15 is 0 Å². The van der Waals surface area contributed by atoms with E-state index < -0.39 is 0 Å². The minimum atomic E-state index is 0.504. The number of thiocarbonyl (C=S) groups is 1. The largest absolute Gasteiger partial charge is 0.389 e. The first kappa shape index (κ1) is 7.69. The molecule has 1 nitrogen and oxygen atoms in total. The Morgan fingerprint density at radius 1 is 1.70 bits per heavy atom. The summed E-state index contributed by atoms with van der Waals surface area (Å²) in [5, 5.41) is 0. The number of hydrogen-bond acceptors (Lipinski definition) is 2. The second kappa shape index (κ2) is 3.12. The molecule has 1 heterocycles. The van der Waals surface area contributed by atoms with E-state index in [0.717, 1.165) is 11.3 Å². The van der Waals surface area contributed by atoms with E-state index in [9.17, 15) is 0 Å². The summed E-state index contributed by atoms with van der Waals surface area (Å²) in [6.07, 6.45) is 1.06. The van der Waals surface area contributed by atoms with Crippen LogP contribution in [0.2, 0.25) is 0 Å². The van der Waals surface area contributed by atoms with Crippen molar-refractivity contribution in [2.45, 2.75) is 13.3 Å². The summed E-state index contributed by atoms with van der Waals surface area (Å²) in [6.45, 7) is 2.12. The van der Waals surface area contributed by atoms with E-state index in [1.807, 2.05) is 6.07 Å². The lowest BCUT2D eigenvalue weighted by Crippen LogP contribution is -2.06. The molecule has 0 aliphatic carbocycles. The smallest absolute Gasteiger partial charge is 0.114 e. The molecule has 1 rings (SSSR count). The van der Waals surface area contributed by atoms with Gasteiger partial charge in [0, 0.05) is 4.88 Å². The van der Waals surface area contributed by atoms with Gasteiger partial charge in [0.25, 0.3) is 0 Å². The first-order valence-corrected chi connectivity index (χ1v) is 4.35. The monoisotopic (exact) mass is 171 g/mol. The fraction of sp³-hybridized carbons (Fsp3) is 0.286. The van der Waals surface area contributed by atoms with Crippen molar-refractivity contribution in [1.29, 1.82) is 0 Å². The third-order valence-corrected chi connectivity index (χ3v) is 2.86. The average Bonchev–Trinajstić information content (AvgIpc) is 2.34. The highest BCUT2D eigenvalue weighted by molar-refractivity contribution is 7.81. The summed E-state index contributed by atoms with van der Waals surface area (Å²) in [5.41, 5.74) is 5.42. The molecule has 0 bridgehead atoms. The zero-order chi connectivity index (χ0) is 7.56. The summed E-state index contributed by atoms with van der Waals surface area (Å²) >= 11 is 6.49. The first-order chi connectivity index (χ1) is 4.74. The van der Waals surface area contributed by atoms with E-state index in [4.69, 9.17) is 18.0 Å². The Morgan fingerprint density at radius 3 is 2.70 bits per heavy atom. The summed E-state index contributed by atoms with van der Waals surface area (Å²) < 4.78 is 0. The van der Waals surface area contributed by atoms with Gasteiger partial charge in [0.15, 0.2) is 0 Å². The highest BCUT2D eigenvalue weighted by Gasteiger charge is 1.98. The minimum Gasteiger partial charge on any atom is -0.389 e. The zero-order valence-electron chi connectivity index (χ0n) is 5.76. The number of hydrogen-bond donors (Lipinski definition) is 1. The van der Waals surface area contributed by atoms with Crippen molar-refractivity contribution in [2.24, 2.45) is 5.73 Å². The van der Waals surface area contributed by atoms with Gasteiger partial charge in [-0.1, -0.05) is 19.1 Å². The maximum Gasteiger partial charge on any atom is 0.114 e. The Bertz CT molecular complexity index is 240. The van der Waals surface area contributed by atoms with Gasteiger partial charge >= 0.3 is 0 Å². The summed E-state index contributed by atoms with van der Waals surface area (Å²) in [4.78, 5) is 2.86. The molecular weight excluding hydrogens is 162 g/mol. The number of aryl methyl sites for hydroxylation is 1. The Balaban J connectivity index is 2.88. The van der Waals surface area contributed by atoms with Crippen molar-refractivity contribution in [3.63, 3.8) is 0 Å². The Labute approximate surface area is 69.9 Å². The fourth-order valence-corrected chi connectivity index (χ4v) is 1.69. The summed E-state index contributed by atoms with van der Waals surface area (Å²) in [7, 11) is 0. The van der Waals surface area contributed by atoms with Crippen LogP contribution < -0.4 is 5.73 Å². The summed E-state index contributed by atoms with van der Waals surface area (Å²) in [5.74, 6) is 0. The van der Waals surface area contributed by atoms with Crippen molar-refractivity contribution in [3.05, 3.63) is 21.9 Å². The van der Waals surface area contributed by atoms with Crippen LogP contribution in [-0.2, 0) is 6.42 Å². The fourth-order valence-electron chi connectivity index (χ4n) is 0.700. The lowest BCUT2D eigenvalue weighted by molar-refractivity contribution is 1.19. The standard InChI is InChI=1S/C7H9NS2/c1-2-5-3-4-6(10-5)7(8)9/h3-4H,2H2,1H3,(H2,8,9). The molecule has 1 aromatic heterocycles. The molecule has 54 valence electrons. The molecule has 0 aromatic carbocycles. The van der Waals surface area contributed by atoms with Crippen molar-refractivity contribution in [3.8, 4) is 0 Å². The second-order valence-corrected chi connectivity index (χ2v) is 3.59. The van der Waals surface area contributed by atoms with Gasteiger partial charge in [-0.15, -0.1) is 11.3 Å². The third-order valence-electron chi connectivity index (χ3n) is 1.25. The lowest BCUT2D eigenvalue weighted by atomic mass is 10.4. The van der Waals surface area contributed by atoms with Crippen LogP contribution in [0.1, 0.15) is 16.7 Å². The predicted molar refractivity (Wildman–Crippen MR) is 49.6 cm³/mol. The first-order valence-electron chi connectivity index (χ1n) is 3.12. The molecule has 2 N–H and O–H groups in total. The average molecular weight is 171 g/mol. The highest BCUT2D eigenvalue weighted by Crippen LogP contribution is 2.16. The number of nitrogens with two attached hydrogens (primary N) is 1. The minimum absolute atomic E-state index is 0.504. The van der Waals surface area contributed by atoms with Crippen molar-refractivity contribution in [2.75, 3.05) is 0 Å². The van der Waals surface area contributed by atoms with Crippen LogP contribution in [0.5, 0.6) is 0 Å². The van der Waals surface area contributed by atoms with Gasteiger partial charge in [0.05, 0.1) is 4.88 Å². The number of thiophene rings is 1. The molecule has 10 heavy (non-hydrogen) atoms. The van der Waals surface area contributed by atoms with Crippen molar-refractivity contribution in [1.82, 2.24) is 0 Å². The molecule has 0 radical (unpaired) electrons. The Kier molecular flexibility index (Phi) is 2.40. The van der Waals surface area contributed by atoms with Crippen LogP contribution in [0.4, 0.5) is 0 Å². The maximum atomic E-state index is 5.42. The van der Waals surface area contributed by atoms with E-state index in [2.05, 4.69) is 13.0 Å². The van der Waals surface area contributed by atoms with Crippen LogP contribution in [0.15, 0.2) is 12.1 Å². The summed E-state index contributed by atoms with van der Waals surface area (Å²) in [6, 6.07) is 4.05. The number of rotatable bonds is 2. The molecule has 0 fully saturated rings. The third kappa shape index (κ3) is 1.55. The zero-order valence-corrected chi connectivity index (χ0v) is 7.39. The molecule has 3 heteroatoms. The molecule has 0 saturated carbocycles. The van der Waals surface area contributed by atoms with Gasteiger partial charge in [-0.2, -0.15) is 0 Å². The molecule has 0 atom stereocenters. The van der Waals surface area contributed by atoms with Crippen molar-refractivity contribution < 1.29 is 0 Å². The second-order valence-electron chi connectivity index (χ2n) is 1.98. The molecule has 0 aliphatic rings. The SMILES string of the molecule is CCc1ccc(C(N)=S)s1. The van der Waals surface area contributed by atoms with Gasteiger partial charge in [-0.25, -0.2) is 0 Å². The quantitative estimate of drug-likeness (QED) is 0.688. The van der Waals surface area contributed by atoms with Crippen LogP contribution in [0.3, 0.4) is 0 Å². The Morgan fingerprint density at radius 2 is 2.40 bits per heavy atom. The molecule has 0 saturated heterocycles. The molecule has 1 aromatic rings. The van der Waals surface area contributed by atoms with Crippen LogP contribution >= 0.6 is 23.6 Å². The molecule has 0 amide bonds. The van der Waals surface area contributed by atoms with E-state index in [-0.39, 0.29) is 0 Å². The van der Waals surface area contributed by atoms with Crippen LogP contribution in [-0.4, -0.2) is 4.99 Å². The van der Waals surface area contributed by atoms with Gasteiger partial charge in [0.2, 0.25) is 0 Å². The van der Waals surface area contributed by atoms with Gasteiger partial charge in [0.1, 0.15) is 4.99 Å². The topological polar surface area (TPSA) is 26.0 Å². The maximum absolute atomic E-state index is 5.42. The van der Waals surface area contributed by atoms with Gasteiger partial charge in [-0.3, -0.25) is 0 Å². The molecule has 0 aliphatic heterocycles. The Hall–Kier alpha value is -0.410. The van der Waals surface area contributed by atoms with E-state index in [0.29, 0.717) is 4.99 Å². The van der Waals surface area contributed by atoms with Gasteiger partial charge in [-0.05, 0) is 18.6 Å². The lowest BCUT2D eigenvalue weighted by Gasteiger charge is -1.87. The molecule has 0 spiro atoms. The van der Waals surface area contributed by atoms with Crippen LogP contribution in [0, 0.1) is 0 Å². The van der Waals surface area contributed by atoms with E-state index in [1.54, 1.807) is 11.3 Å².